The number of hydrogen-bond donors (Lipinski definition) is 1. The summed E-state index contributed by atoms with van der Waals surface area (Å²) in [5.74, 6) is 0.666. The molecule has 0 spiro atoms. The van der Waals surface area contributed by atoms with Crippen molar-refractivity contribution < 1.29 is 18.4 Å². The van der Waals surface area contributed by atoms with Crippen LogP contribution in [0.4, 0.5) is 5.69 Å². The van der Waals surface area contributed by atoms with Crippen LogP contribution in [0.2, 0.25) is 0 Å². The molecule has 5 rings (SSSR count). The van der Waals surface area contributed by atoms with Crippen LogP contribution in [0.25, 0.3) is 27.8 Å². The van der Waals surface area contributed by atoms with Gasteiger partial charge in [0.15, 0.2) is 0 Å². The van der Waals surface area contributed by atoms with Gasteiger partial charge in [-0.3, -0.25) is 9.36 Å². The van der Waals surface area contributed by atoms with Crippen molar-refractivity contribution in [3.8, 4) is 17.7 Å². The maximum absolute atomic E-state index is 13.2. The first-order chi connectivity index (χ1) is 15.1. The van der Waals surface area contributed by atoms with Gasteiger partial charge in [0.25, 0.3) is 5.91 Å². The summed E-state index contributed by atoms with van der Waals surface area (Å²) in [5, 5.41) is 14.4. The highest BCUT2D eigenvalue weighted by molar-refractivity contribution is 6.11. The van der Waals surface area contributed by atoms with E-state index in [1.165, 1.54) is 7.11 Å². The molecule has 0 aliphatic heterocycles. The van der Waals surface area contributed by atoms with Crippen molar-refractivity contribution >= 4 is 33.5 Å². The fourth-order valence-corrected chi connectivity index (χ4v) is 3.76. The van der Waals surface area contributed by atoms with Crippen LogP contribution in [0, 0.1) is 18.3 Å². The number of benzene rings is 2. The Labute approximate surface area is 177 Å². The predicted octanol–water partition coefficient (Wildman–Crippen LogP) is 5.41. The number of carbonyl (C=O) groups is 1. The Bertz CT molecular complexity index is 1480. The van der Waals surface area contributed by atoms with E-state index in [2.05, 4.69) is 11.4 Å². The topological polar surface area (TPSA) is 93.3 Å². The smallest absolute Gasteiger partial charge is 0.260 e. The van der Waals surface area contributed by atoms with E-state index in [1.54, 1.807) is 30.0 Å². The Balaban J connectivity index is 1.58. The maximum Gasteiger partial charge on any atom is 0.260 e. The number of furan rings is 2. The zero-order valence-corrected chi connectivity index (χ0v) is 16.8. The SMILES string of the molecule is COc1cc2c(cc1NC(=O)c1c(C)oc(-n3cccc3)c1C#N)oc1ccccc12. The van der Waals surface area contributed by atoms with E-state index in [0.717, 1.165) is 16.4 Å². The molecule has 1 amide bonds. The van der Waals surface area contributed by atoms with E-state index in [-0.39, 0.29) is 11.1 Å². The highest BCUT2D eigenvalue weighted by Crippen LogP contribution is 2.37. The van der Waals surface area contributed by atoms with Crippen LogP contribution >= 0.6 is 0 Å². The molecule has 7 heteroatoms. The molecule has 0 radical (unpaired) electrons. The number of para-hydroxylation sites is 1. The number of aryl methyl sites for hydroxylation is 1. The van der Waals surface area contributed by atoms with Gasteiger partial charge in [0.05, 0.1) is 12.8 Å². The van der Waals surface area contributed by atoms with E-state index in [0.29, 0.717) is 28.7 Å². The molecule has 2 aromatic carbocycles. The molecule has 0 aliphatic rings. The standard InChI is InChI=1S/C24H17N3O4/c1-14-22(17(13-25)24(30-14)27-9-5-6-10-27)23(28)26-18-12-20-16(11-21(18)29-2)15-7-3-4-8-19(15)31-20/h3-12H,1-2H3,(H,26,28). The molecule has 0 fully saturated rings. The average molecular weight is 411 g/mol. The lowest BCUT2D eigenvalue weighted by atomic mass is 10.1. The lowest BCUT2D eigenvalue weighted by molar-refractivity contribution is 0.102. The molecular weight excluding hydrogens is 394 g/mol. The van der Waals surface area contributed by atoms with E-state index in [1.807, 2.05) is 42.5 Å². The van der Waals surface area contributed by atoms with Crippen molar-refractivity contribution in [2.24, 2.45) is 0 Å². The van der Waals surface area contributed by atoms with Crippen LogP contribution in [0.1, 0.15) is 21.7 Å². The third kappa shape index (κ3) is 2.93. The van der Waals surface area contributed by atoms with E-state index < -0.39 is 5.91 Å². The first kappa shape index (κ1) is 18.6. The number of anilines is 1. The van der Waals surface area contributed by atoms with E-state index in [4.69, 9.17) is 13.6 Å². The molecule has 0 saturated carbocycles. The number of carbonyl (C=O) groups excluding carboxylic acids is 1. The molecule has 0 aliphatic carbocycles. The number of fused-ring (bicyclic) bond motifs is 3. The number of ether oxygens (including phenoxy) is 1. The number of nitriles is 1. The summed E-state index contributed by atoms with van der Waals surface area (Å²) in [6.45, 7) is 1.66. The summed E-state index contributed by atoms with van der Waals surface area (Å²) in [4.78, 5) is 13.2. The lowest BCUT2D eigenvalue weighted by Crippen LogP contribution is -2.14. The van der Waals surface area contributed by atoms with Crippen molar-refractivity contribution in [3.05, 3.63) is 77.8 Å². The summed E-state index contributed by atoms with van der Waals surface area (Å²) < 4.78 is 18.8. The highest BCUT2D eigenvalue weighted by Gasteiger charge is 2.25. The number of nitrogens with zero attached hydrogens (tertiary/aromatic N) is 2. The molecule has 0 atom stereocenters. The van der Waals surface area contributed by atoms with Gasteiger partial charge < -0.3 is 18.9 Å². The molecule has 152 valence electrons. The minimum absolute atomic E-state index is 0.162. The van der Waals surface area contributed by atoms with Gasteiger partial charge in [0.2, 0.25) is 5.88 Å². The van der Waals surface area contributed by atoms with Gasteiger partial charge in [-0.15, -0.1) is 0 Å². The molecule has 5 aromatic rings. The Kier molecular flexibility index (Phi) is 4.26. The normalized spacial score (nSPS) is 11.0. The third-order valence-electron chi connectivity index (χ3n) is 5.19. The van der Waals surface area contributed by atoms with Gasteiger partial charge in [0, 0.05) is 29.2 Å². The van der Waals surface area contributed by atoms with Crippen molar-refractivity contribution in [2.75, 3.05) is 12.4 Å². The molecule has 3 aromatic heterocycles. The van der Waals surface area contributed by atoms with Gasteiger partial charge in [-0.05, 0) is 31.2 Å². The van der Waals surface area contributed by atoms with E-state index in [9.17, 15) is 10.1 Å². The number of aromatic nitrogens is 1. The largest absolute Gasteiger partial charge is 0.495 e. The second kappa shape index (κ2) is 7.11. The minimum atomic E-state index is -0.468. The molecule has 0 bridgehead atoms. The second-order valence-corrected chi connectivity index (χ2v) is 7.02. The van der Waals surface area contributed by atoms with Gasteiger partial charge >= 0.3 is 0 Å². The van der Waals surface area contributed by atoms with Crippen molar-refractivity contribution in [1.82, 2.24) is 4.57 Å². The van der Waals surface area contributed by atoms with Crippen LogP contribution in [0.15, 0.2) is 69.8 Å². The quantitative estimate of drug-likeness (QED) is 0.427. The molecular formula is C24H17N3O4. The van der Waals surface area contributed by atoms with Gasteiger partial charge in [-0.2, -0.15) is 5.26 Å². The summed E-state index contributed by atoms with van der Waals surface area (Å²) in [6.07, 6.45) is 3.50. The summed E-state index contributed by atoms with van der Waals surface area (Å²) in [7, 11) is 1.53. The van der Waals surface area contributed by atoms with E-state index >= 15 is 0 Å². The number of nitrogens with one attached hydrogen (secondary N) is 1. The monoisotopic (exact) mass is 411 g/mol. The summed E-state index contributed by atoms with van der Waals surface area (Å²) in [6, 6.07) is 17.0. The molecule has 31 heavy (non-hydrogen) atoms. The fraction of sp³-hybridized carbons (Fsp3) is 0.0833. The van der Waals surface area contributed by atoms with Crippen LogP contribution in [0.5, 0.6) is 5.75 Å². The summed E-state index contributed by atoms with van der Waals surface area (Å²) >= 11 is 0. The average Bonchev–Trinajstić information content (AvgIpc) is 3.49. The van der Waals surface area contributed by atoms with Gasteiger partial charge in [-0.1, -0.05) is 18.2 Å². The maximum atomic E-state index is 13.2. The van der Waals surface area contributed by atoms with Crippen molar-refractivity contribution in [1.29, 1.82) is 5.26 Å². The Morgan fingerprint density at radius 2 is 1.84 bits per heavy atom. The zero-order valence-electron chi connectivity index (χ0n) is 16.8. The Hall–Kier alpha value is -4.44. The second-order valence-electron chi connectivity index (χ2n) is 7.02. The summed E-state index contributed by atoms with van der Waals surface area (Å²) in [5.41, 5.74) is 2.14. The molecule has 7 nitrogen and oxygen atoms in total. The van der Waals surface area contributed by atoms with Crippen molar-refractivity contribution in [2.45, 2.75) is 6.92 Å². The molecule has 3 heterocycles. The number of hydrogen-bond acceptors (Lipinski definition) is 5. The zero-order chi connectivity index (χ0) is 21.5. The van der Waals surface area contributed by atoms with Crippen LogP contribution in [-0.2, 0) is 0 Å². The van der Waals surface area contributed by atoms with Crippen molar-refractivity contribution in [3.63, 3.8) is 0 Å². The highest BCUT2D eigenvalue weighted by atomic mass is 16.5. The van der Waals surface area contributed by atoms with Crippen LogP contribution in [0.3, 0.4) is 0 Å². The first-order valence-electron chi connectivity index (χ1n) is 9.58. The first-order valence-corrected chi connectivity index (χ1v) is 9.58. The fourth-order valence-electron chi connectivity index (χ4n) is 3.76. The predicted molar refractivity (Wildman–Crippen MR) is 116 cm³/mol. The Morgan fingerprint density at radius 3 is 2.58 bits per heavy atom. The Morgan fingerprint density at radius 1 is 1.06 bits per heavy atom. The minimum Gasteiger partial charge on any atom is -0.495 e. The van der Waals surface area contributed by atoms with Crippen LogP contribution < -0.4 is 10.1 Å². The number of amides is 1. The molecule has 1 N–H and O–H groups in total. The third-order valence-corrected chi connectivity index (χ3v) is 5.19. The number of rotatable bonds is 4. The molecule has 0 unspecified atom stereocenters. The van der Waals surface area contributed by atoms with Gasteiger partial charge in [-0.25, -0.2) is 0 Å². The number of methoxy groups -OCH3 is 1. The molecule has 0 saturated heterocycles. The lowest BCUT2D eigenvalue weighted by Gasteiger charge is -2.10. The van der Waals surface area contributed by atoms with Crippen LogP contribution in [-0.4, -0.2) is 17.6 Å². The van der Waals surface area contributed by atoms with Gasteiger partial charge in [0.1, 0.15) is 39.9 Å².